The zero-order valence-corrected chi connectivity index (χ0v) is 34.7. The van der Waals surface area contributed by atoms with Crippen LogP contribution in [0, 0.1) is 0 Å². The minimum atomic E-state index is -1.57. The Morgan fingerprint density at radius 3 is 1.65 bits per heavy atom. The summed E-state index contributed by atoms with van der Waals surface area (Å²) in [7, 11) is 0. The van der Waals surface area contributed by atoms with Gasteiger partial charge < -0.3 is 40.3 Å². The van der Waals surface area contributed by atoms with Gasteiger partial charge in [-0.1, -0.05) is 152 Å². The Kier molecular flexibility index (Phi) is 33.5. The lowest BCUT2D eigenvalue weighted by molar-refractivity contribution is -0.302. The zero-order valence-electron chi connectivity index (χ0n) is 34.7. The molecule has 1 aliphatic heterocycles. The van der Waals surface area contributed by atoms with Crippen LogP contribution in [0.5, 0.6) is 0 Å². The number of aliphatic hydroxyl groups excluding tert-OH is 5. The molecule has 0 aromatic heterocycles. The fourth-order valence-corrected chi connectivity index (χ4v) is 6.47. The molecule has 1 rings (SSSR count). The van der Waals surface area contributed by atoms with Gasteiger partial charge in [-0.25, -0.2) is 0 Å². The number of allylic oxidation sites excluding steroid dienone is 9. The monoisotopic (exact) mass is 776 g/mol. The lowest BCUT2D eigenvalue weighted by Gasteiger charge is -2.40. The van der Waals surface area contributed by atoms with Gasteiger partial charge in [-0.3, -0.25) is 4.79 Å². The molecule has 9 heteroatoms. The highest BCUT2D eigenvalue weighted by Crippen LogP contribution is 2.22. The van der Waals surface area contributed by atoms with Gasteiger partial charge in [-0.15, -0.1) is 0 Å². The number of aliphatic hydroxyl groups is 5. The third-order valence-corrected chi connectivity index (χ3v) is 10.1. The Morgan fingerprint density at radius 2 is 1.09 bits per heavy atom. The molecule has 55 heavy (non-hydrogen) atoms. The van der Waals surface area contributed by atoms with E-state index in [9.17, 15) is 30.3 Å². The van der Waals surface area contributed by atoms with Gasteiger partial charge in [0, 0.05) is 6.42 Å². The third-order valence-electron chi connectivity index (χ3n) is 10.1. The fraction of sp³-hybridized carbons (Fsp3) is 0.761. The maximum Gasteiger partial charge on any atom is 0.220 e. The highest BCUT2D eigenvalue weighted by Gasteiger charge is 2.44. The first-order valence-corrected chi connectivity index (χ1v) is 22.0. The van der Waals surface area contributed by atoms with Gasteiger partial charge in [0.2, 0.25) is 5.91 Å². The number of hydrogen-bond donors (Lipinski definition) is 6. The molecule has 6 N–H and O–H groups in total. The van der Waals surface area contributed by atoms with Gasteiger partial charge in [0.1, 0.15) is 24.4 Å². The topological polar surface area (TPSA) is 149 Å². The molecule has 0 aromatic rings. The normalized spacial score (nSPS) is 21.9. The van der Waals surface area contributed by atoms with Crippen LogP contribution in [0.15, 0.2) is 60.8 Å². The Bertz CT molecular complexity index is 1040. The largest absolute Gasteiger partial charge is 0.394 e. The average molecular weight is 776 g/mol. The maximum absolute atomic E-state index is 12.9. The predicted octanol–water partition coefficient (Wildman–Crippen LogP) is 8.83. The fourth-order valence-electron chi connectivity index (χ4n) is 6.47. The Labute approximate surface area is 335 Å². The quantitative estimate of drug-likeness (QED) is 0.0277. The van der Waals surface area contributed by atoms with E-state index in [0.29, 0.717) is 6.42 Å². The summed E-state index contributed by atoms with van der Waals surface area (Å²) in [6.07, 6.45) is 39.8. The number of unbranched alkanes of at least 4 members (excludes halogenated alkanes) is 17. The first kappa shape index (κ1) is 50.9. The molecule has 318 valence electrons. The van der Waals surface area contributed by atoms with Crippen LogP contribution in [0.3, 0.4) is 0 Å². The van der Waals surface area contributed by atoms with Crippen LogP contribution < -0.4 is 5.32 Å². The van der Waals surface area contributed by atoms with E-state index in [4.69, 9.17) is 9.47 Å². The van der Waals surface area contributed by atoms with Gasteiger partial charge >= 0.3 is 0 Å². The Morgan fingerprint density at radius 1 is 0.618 bits per heavy atom. The van der Waals surface area contributed by atoms with Gasteiger partial charge in [-0.05, 0) is 70.6 Å². The van der Waals surface area contributed by atoms with Crippen LogP contribution >= 0.6 is 0 Å². The predicted molar refractivity (Wildman–Crippen MR) is 226 cm³/mol. The van der Waals surface area contributed by atoms with Gasteiger partial charge in [0.25, 0.3) is 0 Å². The van der Waals surface area contributed by atoms with Crippen molar-refractivity contribution in [3.05, 3.63) is 60.8 Å². The summed E-state index contributed by atoms with van der Waals surface area (Å²) >= 11 is 0. The molecule has 1 heterocycles. The van der Waals surface area contributed by atoms with E-state index in [2.05, 4.69) is 67.8 Å². The van der Waals surface area contributed by atoms with E-state index < -0.39 is 49.5 Å². The zero-order chi connectivity index (χ0) is 40.2. The van der Waals surface area contributed by atoms with E-state index in [1.165, 1.54) is 83.5 Å². The summed E-state index contributed by atoms with van der Waals surface area (Å²) in [6, 6.07) is -0.829. The van der Waals surface area contributed by atoms with Crippen LogP contribution in [-0.4, -0.2) is 87.5 Å². The van der Waals surface area contributed by atoms with Crippen molar-refractivity contribution >= 4 is 5.91 Å². The van der Waals surface area contributed by atoms with Crippen molar-refractivity contribution in [2.24, 2.45) is 0 Å². The van der Waals surface area contributed by atoms with Crippen molar-refractivity contribution in [3.63, 3.8) is 0 Å². The lowest BCUT2D eigenvalue weighted by atomic mass is 9.99. The first-order valence-electron chi connectivity index (χ1n) is 22.0. The van der Waals surface area contributed by atoms with Crippen LogP contribution in [-0.2, 0) is 14.3 Å². The van der Waals surface area contributed by atoms with Gasteiger partial charge in [0.15, 0.2) is 6.29 Å². The number of ether oxygens (including phenoxy) is 2. The minimum absolute atomic E-state index is 0.204. The van der Waals surface area contributed by atoms with E-state index in [1.54, 1.807) is 6.08 Å². The van der Waals surface area contributed by atoms with E-state index >= 15 is 0 Å². The molecular weight excluding hydrogens is 695 g/mol. The van der Waals surface area contributed by atoms with E-state index in [1.807, 2.05) is 6.08 Å². The summed E-state index contributed by atoms with van der Waals surface area (Å²) in [5.41, 5.74) is 0. The number of rotatable bonds is 35. The molecule has 0 aromatic carbocycles. The standard InChI is InChI=1S/C46H81NO8/c1-3-5-7-9-11-13-15-16-17-18-19-20-21-22-23-24-26-28-30-32-34-36-42(50)47-39(38-54-46-45(53)44(52)43(51)41(37-48)55-46)40(49)35-33-31-29-27-25-14-12-10-8-6-4-2/h15-16,18-19,21-22,25,27,33,35,39-41,43-46,48-49,51-53H,3-14,17,20,23-24,26,28-32,34,36-38H2,1-2H3,(H,47,50)/b16-15-,19-18-,22-21-,27-25+,35-33+. The van der Waals surface area contributed by atoms with Gasteiger partial charge in [-0.2, -0.15) is 0 Å². The second-order valence-corrected chi connectivity index (χ2v) is 15.1. The van der Waals surface area contributed by atoms with Crippen LogP contribution in [0.25, 0.3) is 0 Å². The summed E-state index contributed by atoms with van der Waals surface area (Å²) in [6.45, 7) is 3.69. The molecule has 1 aliphatic rings. The second kappa shape index (κ2) is 36.2. The van der Waals surface area contributed by atoms with Crippen LogP contribution in [0.2, 0.25) is 0 Å². The summed E-state index contributed by atoms with van der Waals surface area (Å²) < 4.78 is 11.2. The molecule has 0 saturated carbocycles. The van der Waals surface area contributed by atoms with E-state index in [0.717, 1.165) is 64.2 Å². The maximum atomic E-state index is 12.9. The number of carbonyl (C=O) groups excluding carboxylic acids is 1. The smallest absolute Gasteiger partial charge is 0.220 e. The SMILES string of the molecule is CCCCCCC/C=C\C/C=C\C/C=C\CCCCCCCCC(=O)NC(COC1OC(CO)C(O)C(O)C1O)C(O)/C=C/CC/C=C/CCCCCCC. The summed E-state index contributed by atoms with van der Waals surface area (Å²) in [5.74, 6) is -0.204. The molecule has 1 amide bonds. The second-order valence-electron chi connectivity index (χ2n) is 15.1. The van der Waals surface area contributed by atoms with Gasteiger partial charge in [0.05, 0.1) is 25.4 Å². The number of carbonyl (C=O) groups is 1. The van der Waals surface area contributed by atoms with Crippen molar-refractivity contribution in [2.45, 2.75) is 211 Å². The van der Waals surface area contributed by atoms with Crippen molar-refractivity contribution in [1.82, 2.24) is 5.32 Å². The number of hydrogen-bond acceptors (Lipinski definition) is 8. The molecule has 7 atom stereocenters. The molecule has 0 bridgehead atoms. The van der Waals surface area contributed by atoms with Crippen molar-refractivity contribution in [1.29, 1.82) is 0 Å². The number of nitrogens with one attached hydrogen (secondary N) is 1. The third kappa shape index (κ3) is 27.2. The molecule has 1 saturated heterocycles. The minimum Gasteiger partial charge on any atom is -0.394 e. The average Bonchev–Trinajstić information content (AvgIpc) is 3.18. The highest BCUT2D eigenvalue weighted by atomic mass is 16.7. The molecule has 0 aliphatic carbocycles. The van der Waals surface area contributed by atoms with Crippen molar-refractivity contribution in [2.75, 3.05) is 13.2 Å². The van der Waals surface area contributed by atoms with Crippen LogP contribution in [0.4, 0.5) is 0 Å². The molecule has 9 nitrogen and oxygen atoms in total. The molecule has 0 spiro atoms. The lowest BCUT2D eigenvalue weighted by Crippen LogP contribution is -2.60. The van der Waals surface area contributed by atoms with Crippen molar-refractivity contribution < 1.29 is 39.8 Å². The highest BCUT2D eigenvalue weighted by molar-refractivity contribution is 5.76. The molecule has 7 unspecified atom stereocenters. The molecular formula is C46H81NO8. The molecule has 0 radical (unpaired) electrons. The van der Waals surface area contributed by atoms with E-state index in [-0.39, 0.29) is 12.5 Å². The Hall–Kier alpha value is -2.11. The summed E-state index contributed by atoms with van der Waals surface area (Å²) in [5, 5.41) is 54.0. The van der Waals surface area contributed by atoms with Crippen molar-refractivity contribution in [3.8, 4) is 0 Å². The van der Waals surface area contributed by atoms with Crippen LogP contribution in [0.1, 0.15) is 168 Å². The first-order chi connectivity index (χ1) is 26.8. The molecule has 1 fully saturated rings. The summed E-state index contributed by atoms with van der Waals surface area (Å²) in [4.78, 5) is 12.9. The number of amides is 1. The Balaban J connectivity index is 2.37.